The van der Waals surface area contributed by atoms with Gasteiger partial charge in [0.15, 0.2) is 0 Å². The maximum atomic E-state index is 6.27. The van der Waals surface area contributed by atoms with E-state index in [1.54, 1.807) is 0 Å². The van der Waals surface area contributed by atoms with Crippen molar-refractivity contribution < 1.29 is 4.84 Å². The molecule has 108 valence electrons. The Balaban J connectivity index is 1.53. The molecule has 0 saturated heterocycles. The van der Waals surface area contributed by atoms with Crippen molar-refractivity contribution in [1.29, 1.82) is 0 Å². The molecule has 1 aliphatic rings. The van der Waals surface area contributed by atoms with Gasteiger partial charge in [0.2, 0.25) is 0 Å². The third-order valence-electron chi connectivity index (χ3n) is 3.80. The molecule has 0 unspecified atom stereocenters. The molecule has 1 aliphatic heterocycles. The zero-order chi connectivity index (χ0) is 14.5. The van der Waals surface area contributed by atoms with Crippen LogP contribution in [0, 0.1) is 0 Å². The molecule has 21 heavy (non-hydrogen) atoms. The van der Waals surface area contributed by atoms with Crippen molar-refractivity contribution in [2.75, 3.05) is 0 Å². The third-order valence-corrected chi connectivity index (χ3v) is 3.80. The van der Waals surface area contributed by atoms with Crippen LogP contribution >= 0.6 is 0 Å². The van der Waals surface area contributed by atoms with Crippen LogP contribution in [0.3, 0.4) is 0 Å². The fourth-order valence-electron chi connectivity index (χ4n) is 2.63. The Kier molecular flexibility index (Phi) is 4.31. The van der Waals surface area contributed by atoms with Gasteiger partial charge in [-0.25, -0.2) is 0 Å². The van der Waals surface area contributed by atoms with Crippen LogP contribution in [0.5, 0.6) is 0 Å². The van der Waals surface area contributed by atoms with Crippen molar-refractivity contribution in [2.45, 2.75) is 31.4 Å². The van der Waals surface area contributed by atoms with Gasteiger partial charge in [0.25, 0.3) is 0 Å². The minimum absolute atomic E-state index is 0.0103. The molecule has 3 heteroatoms. The van der Waals surface area contributed by atoms with Gasteiger partial charge in [0, 0.05) is 18.9 Å². The second kappa shape index (κ2) is 6.55. The Labute approximate surface area is 125 Å². The fourth-order valence-corrected chi connectivity index (χ4v) is 2.63. The van der Waals surface area contributed by atoms with Crippen molar-refractivity contribution in [2.24, 2.45) is 10.9 Å². The van der Waals surface area contributed by atoms with E-state index in [9.17, 15) is 0 Å². The monoisotopic (exact) mass is 280 g/mol. The first-order chi connectivity index (χ1) is 10.3. The van der Waals surface area contributed by atoms with Crippen LogP contribution in [0.15, 0.2) is 65.8 Å². The second-order valence-corrected chi connectivity index (χ2v) is 5.52. The summed E-state index contributed by atoms with van der Waals surface area (Å²) in [7, 11) is 0. The highest BCUT2D eigenvalue weighted by molar-refractivity contribution is 5.87. The molecule has 1 heterocycles. The van der Waals surface area contributed by atoms with Crippen molar-refractivity contribution in [1.82, 2.24) is 0 Å². The lowest BCUT2D eigenvalue weighted by atomic mass is 9.97. The van der Waals surface area contributed by atoms with E-state index in [2.05, 4.69) is 29.4 Å². The quantitative estimate of drug-likeness (QED) is 0.915. The molecule has 0 radical (unpaired) electrons. The van der Waals surface area contributed by atoms with E-state index < -0.39 is 0 Å². The summed E-state index contributed by atoms with van der Waals surface area (Å²) in [5.74, 6) is 0. The van der Waals surface area contributed by atoms with Gasteiger partial charge in [0.05, 0.1) is 5.71 Å². The van der Waals surface area contributed by atoms with E-state index >= 15 is 0 Å². The molecule has 0 saturated carbocycles. The predicted octanol–water partition coefficient (Wildman–Crippen LogP) is 2.94. The summed E-state index contributed by atoms with van der Waals surface area (Å²) in [5.41, 5.74) is 9.85. The minimum Gasteiger partial charge on any atom is -0.390 e. The van der Waals surface area contributed by atoms with Gasteiger partial charge in [-0.1, -0.05) is 65.8 Å². The first-order valence-corrected chi connectivity index (χ1v) is 7.36. The number of nitrogens with two attached hydrogens (primary N) is 1. The van der Waals surface area contributed by atoms with Gasteiger partial charge < -0.3 is 10.6 Å². The SMILES string of the molecule is N[C@@H](Cc1ccccc1)[C@H]1CC(Cc2ccccc2)=NO1. The van der Waals surface area contributed by atoms with E-state index in [1.807, 2.05) is 36.4 Å². The Morgan fingerprint density at radius 2 is 1.62 bits per heavy atom. The standard InChI is InChI=1S/C18H20N2O/c19-17(12-15-9-5-2-6-10-15)18-13-16(20-21-18)11-14-7-3-1-4-8-14/h1-10,17-18H,11-13,19H2/t17-,18+/m0/s1. The first-order valence-electron chi connectivity index (χ1n) is 7.36. The van der Waals surface area contributed by atoms with Crippen LogP contribution in [0.25, 0.3) is 0 Å². The summed E-state index contributed by atoms with van der Waals surface area (Å²) < 4.78 is 0. The van der Waals surface area contributed by atoms with Crippen LogP contribution in [-0.4, -0.2) is 17.9 Å². The molecule has 2 aromatic rings. The molecule has 0 bridgehead atoms. The van der Waals surface area contributed by atoms with Crippen molar-refractivity contribution in [3.05, 3.63) is 71.8 Å². The van der Waals surface area contributed by atoms with Crippen molar-refractivity contribution in [3.63, 3.8) is 0 Å². The summed E-state index contributed by atoms with van der Waals surface area (Å²) in [6.45, 7) is 0. The first kappa shape index (κ1) is 13.8. The average Bonchev–Trinajstić information content (AvgIpc) is 2.98. The lowest BCUT2D eigenvalue weighted by molar-refractivity contribution is 0.0659. The number of hydrogen-bond acceptors (Lipinski definition) is 3. The zero-order valence-corrected chi connectivity index (χ0v) is 12.0. The molecule has 0 amide bonds. The van der Waals surface area contributed by atoms with Gasteiger partial charge in [0.1, 0.15) is 6.10 Å². The Bertz CT molecular complexity index is 595. The van der Waals surface area contributed by atoms with Crippen LogP contribution in [0.1, 0.15) is 17.5 Å². The lowest BCUT2D eigenvalue weighted by Gasteiger charge is -2.17. The van der Waals surface area contributed by atoms with Crippen LogP contribution in [0.4, 0.5) is 0 Å². The fraction of sp³-hybridized carbons (Fsp3) is 0.278. The summed E-state index contributed by atoms with van der Waals surface area (Å²) >= 11 is 0. The summed E-state index contributed by atoms with van der Waals surface area (Å²) in [4.78, 5) is 5.53. The highest BCUT2D eigenvalue weighted by atomic mass is 16.6. The molecular formula is C18H20N2O. The molecular weight excluding hydrogens is 260 g/mol. The van der Waals surface area contributed by atoms with Gasteiger partial charge in [-0.15, -0.1) is 0 Å². The van der Waals surface area contributed by atoms with Gasteiger partial charge >= 0.3 is 0 Å². The molecule has 2 N–H and O–H groups in total. The lowest BCUT2D eigenvalue weighted by Crippen LogP contribution is -2.36. The Hall–Kier alpha value is -2.13. The minimum atomic E-state index is -0.0237. The third kappa shape index (κ3) is 3.70. The maximum absolute atomic E-state index is 6.27. The second-order valence-electron chi connectivity index (χ2n) is 5.52. The molecule has 3 nitrogen and oxygen atoms in total. The van der Waals surface area contributed by atoms with E-state index in [0.29, 0.717) is 0 Å². The smallest absolute Gasteiger partial charge is 0.148 e. The average molecular weight is 280 g/mol. The summed E-state index contributed by atoms with van der Waals surface area (Å²) in [5, 5.41) is 4.21. The number of oxime groups is 1. The highest BCUT2D eigenvalue weighted by Gasteiger charge is 2.27. The van der Waals surface area contributed by atoms with Gasteiger partial charge in [-0.3, -0.25) is 0 Å². The van der Waals surface area contributed by atoms with Crippen molar-refractivity contribution >= 4 is 5.71 Å². The van der Waals surface area contributed by atoms with Crippen LogP contribution in [0.2, 0.25) is 0 Å². The van der Waals surface area contributed by atoms with Gasteiger partial charge in [-0.2, -0.15) is 0 Å². The number of rotatable bonds is 5. The van der Waals surface area contributed by atoms with E-state index in [0.717, 1.165) is 25.0 Å². The normalized spacial score (nSPS) is 18.9. The van der Waals surface area contributed by atoms with E-state index in [-0.39, 0.29) is 12.1 Å². The number of benzene rings is 2. The topological polar surface area (TPSA) is 47.6 Å². The molecule has 3 rings (SSSR count). The Morgan fingerprint density at radius 3 is 2.29 bits per heavy atom. The molecule has 0 spiro atoms. The molecule has 0 fully saturated rings. The summed E-state index contributed by atoms with van der Waals surface area (Å²) in [6.07, 6.45) is 2.47. The number of nitrogens with zero attached hydrogens (tertiary/aromatic N) is 1. The molecule has 0 aromatic heterocycles. The van der Waals surface area contributed by atoms with Gasteiger partial charge in [-0.05, 0) is 17.5 Å². The molecule has 0 aliphatic carbocycles. The van der Waals surface area contributed by atoms with Crippen LogP contribution < -0.4 is 5.73 Å². The molecule has 2 aromatic carbocycles. The Morgan fingerprint density at radius 1 is 1.00 bits per heavy atom. The largest absolute Gasteiger partial charge is 0.390 e. The molecule has 2 atom stereocenters. The summed E-state index contributed by atoms with van der Waals surface area (Å²) in [6, 6.07) is 20.6. The zero-order valence-electron chi connectivity index (χ0n) is 12.0. The van der Waals surface area contributed by atoms with E-state index in [4.69, 9.17) is 10.6 Å². The van der Waals surface area contributed by atoms with Crippen molar-refractivity contribution in [3.8, 4) is 0 Å². The number of hydrogen-bond donors (Lipinski definition) is 1. The highest BCUT2D eigenvalue weighted by Crippen LogP contribution is 2.18. The maximum Gasteiger partial charge on any atom is 0.148 e. The van der Waals surface area contributed by atoms with Crippen LogP contribution in [-0.2, 0) is 17.7 Å². The predicted molar refractivity (Wildman–Crippen MR) is 85.2 cm³/mol. The van der Waals surface area contributed by atoms with E-state index in [1.165, 1.54) is 11.1 Å².